The zero-order valence-electron chi connectivity index (χ0n) is 8.49. The number of nitrogens with zero attached hydrogens (tertiary/aromatic N) is 2. The number of rotatable bonds is 3. The monoisotopic (exact) mass is 167 g/mol. The molecule has 0 saturated carbocycles. The van der Waals surface area contributed by atoms with Crippen LogP contribution in [0.1, 0.15) is 33.7 Å². The fourth-order valence-corrected chi connectivity index (χ4v) is 1.39. The van der Waals surface area contributed by atoms with Crippen molar-refractivity contribution >= 4 is 0 Å². The average molecular weight is 167 g/mol. The van der Waals surface area contributed by atoms with E-state index in [2.05, 4.69) is 55.5 Å². The summed E-state index contributed by atoms with van der Waals surface area (Å²) in [6, 6.07) is 2.65. The van der Waals surface area contributed by atoms with Crippen LogP contribution in [0.5, 0.6) is 0 Å². The molecule has 1 rings (SSSR count). The van der Waals surface area contributed by atoms with E-state index in [0.29, 0.717) is 12.0 Å². The Hall–Kier alpha value is -0.790. The molecule has 0 radical (unpaired) electrons. The fraction of sp³-hybridized carbons (Fsp3) is 0.700. The van der Waals surface area contributed by atoms with Gasteiger partial charge in [-0.3, -0.25) is 0 Å². The molecule has 1 aromatic rings. The summed E-state index contributed by atoms with van der Waals surface area (Å²) >= 11 is 0. The topological polar surface area (TPSA) is 8.81 Å². The van der Waals surface area contributed by atoms with E-state index in [-0.39, 0.29) is 0 Å². The van der Waals surface area contributed by atoms with Crippen LogP contribution in [0.3, 0.4) is 0 Å². The van der Waals surface area contributed by atoms with Crippen molar-refractivity contribution in [3.63, 3.8) is 0 Å². The van der Waals surface area contributed by atoms with E-state index in [1.54, 1.807) is 0 Å². The summed E-state index contributed by atoms with van der Waals surface area (Å²) < 4.78 is 4.54. The number of hydrogen-bond donors (Lipinski definition) is 0. The van der Waals surface area contributed by atoms with Gasteiger partial charge < -0.3 is 0 Å². The molecule has 2 nitrogen and oxygen atoms in total. The highest BCUT2D eigenvalue weighted by molar-refractivity contribution is 4.72. The first-order valence-corrected chi connectivity index (χ1v) is 4.68. The maximum Gasteiger partial charge on any atom is 0.195 e. The smallest absolute Gasteiger partial charge is 0.160 e. The molecule has 0 spiro atoms. The molecule has 0 unspecified atom stereocenters. The van der Waals surface area contributed by atoms with E-state index in [1.807, 2.05) is 0 Å². The van der Waals surface area contributed by atoms with Crippen LogP contribution >= 0.6 is 0 Å². The van der Waals surface area contributed by atoms with E-state index in [1.165, 1.54) is 0 Å². The molecule has 68 valence electrons. The molecule has 0 bridgehead atoms. The highest BCUT2D eigenvalue weighted by atomic mass is 15.4. The minimum Gasteiger partial charge on any atom is -0.160 e. The van der Waals surface area contributed by atoms with Crippen LogP contribution in [0, 0.1) is 5.92 Å². The largest absolute Gasteiger partial charge is 0.195 e. The van der Waals surface area contributed by atoms with Gasteiger partial charge in [-0.1, -0.05) is 13.8 Å². The van der Waals surface area contributed by atoms with E-state index < -0.39 is 0 Å². The third kappa shape index (κ3) is 2.10. The Balaban J connectivity index is 2.77. The van der Waals surface area contributed by atoms with Crippen LogP contribution in [0.15, 0.2) is 18.5 Å². The van der Waals surface area contributed by atoms with Crippen molar-refractivity contribution in [2.45, 2.75) is 40.3 Å². The standard InChI is InChI=1S/C10H19N2/c1-9(2)8-11-6-5-7-12(11)10(3)4/h5-7,9-10H,8H2,1-4H3/q+1. The summed E-state index contributed by atoms with van der Waals surface area (Å²) in [6.07, 6.45) is 4.27. The van der Waals surface area contributed by atoms with Gasteiger partial charge in [0.05, 0.1) is 12.7 Å². The van der Waals surface area contributed by atoms with Crippen molar-refractivity contribution in [3.8, 4) is 0 Å². The van der Waals surface area contributed by atoms with Gasteiger partial charge >= 0.3 is 0 Å². The van der Waals surface area contributed by atoms with E-state index in [9.17, 15) is 0 Å². The molecule has 0 aliphatic heterocycles. The van der Waals surface area contributed by atoms with Gasteiger partial charge in [-0.2, -0.15) is 4.68 Å². The Morgan fingerprint density at radius 2 is 1.92 bits per heavy atom. The molecule has 0 N–H and O–H groups in total. The summed E-state index contributed by atoms with van der Waals surface area (Å²) in [4.78, 5) is 0. The number of hydrogen-bond acceptors (Lipinski definition) is 0. The fourth-order valence-electron chi connectivity index (χ4n) is 1.39. The van der Waals surface area contributed by atoms with E-state index in [4.69, 9.17) is 0 Å². The van der Waals surface area contributed by atoms with Crippen LogP contribution in [0.25, 0.3) is 0 Å². The predicted molar refractivity (Wildman–Crippen MR) is 49.9 cm³/mol. The van der Waals surface area contributed by atoms with E-state index in [0.717, 1.165) is 6.54 Å². The minimum atomic E-state index is 0.554. The van der Waals surface area contributed by atoms with Crippen LogP contribution in [-0.2, 0) is 6.54 Å². The molecule has 0 amide bonds. The van der Waals surface area contributed by atoms with Crippen LogP contribution in [0.4, 0.5) is 0 Å². The molecule has 0 atom stereocenters. The first kappa shape index (κ1) is 9.30. The second-order valence-corrected chi connectivity index (χ2v) is 3.98. The Morgan fingerprint density at radius 1 is 1.25 bits per heavy atom. The van der Waals surface area contributed by atoms with Gasteiger partial charge in [-0.25, -0.2) is 0 Å². The maximum atomic E-state index is 2.27. The van der Waals surface area contributed by atoms with Gasteiger partial charge in [0.15, 0.2) is 12.2 Å². The summed E-state index contributed by atoms with van der Waals surface area (Å²) in [5.41, 5.74) is 0. The molecule has 2 heteroatoms. The van der Waals surface area contributed by atoms with Crippen molar-refractivity contribution in [2.75, 3.05) is 0 Å². The van der Waals surface area contributed by atoms with Gasteiger partial charge in [0.1, 0.15) is 0 Å². The lowest BCUT2D eigenvalue weighted by atomic mass is 10.2. The first-order chi connectivity index (χ1) is 5.61. The second kappa shape index (κ2) is 3.74. The van der Waals surface area contributed by atoms with Crippen molar-refractivity contribution in [1.82, 2.24) is 4.68 Å². The summed E-state index contributed by atoms with van der Waals surface area (Å²) in [5, 5.41) is 0. The van der Waals surface area contributed by atoms with Gasteiger partial charge in [0.2, 0.25) is 0 Å². The van der Waals surface area contributed by atoms with Crippen LogP contribution < -0.4 is 4.68 Å². The lowest BCUT2D eigenvalue weighted by Gasteiger charge is -2.07. The second-order valence-electron chi connectivity index (χ2n) is 3.98. The third-order valence-corrected chi connectivity index (χ3v) is 1.87. The summed E-state index contributed by atoms with van der Waals surface area (Å²) in [6.45, 7) is 9.99. The molecular formula is C10H19N2+. The minimum absolute atomic E-state index is 0.554. The lowest BCUT2D eigenvalue weighted by Crippen LogP contribution is -2.44. The van der Waals surface area contributed by atoms with Gasteiger partial charge in [-0.05, 0) is 19.8 Å². The van der Waals surface area contributed by atoms with E-state index >= 15 is 0 Å². The zero-order chi connectivity index (χ0) is 9.14. The normalized spacial score (nSPS) is 11.5. The summed E-state index contributed by atoms with van der Waals surface area (Å²) in [7, 11) is 0. The number of aromatic nitrogens is 2. The first-order valence-electron chi connectivity index (χ1n) is 4.68. The Morgan fingerprint density at radius 3 is 2.42 bits per heavy atom. The predicted octanol–water partition coefficient (Wildman–Crippen LogP) is 2.01. The Bertz CT molecular complexity index is 236. The van der Waals surface area contributed by atoms with Crippen LogP contribution in [0.2, 0.25) is 0 Å². The highest BCUT2D eigenvalue weighted by Crippen LogP contribution is 1.98. The SMILES string of the molecule is CC(C)Cn1ccc[n+]1C(C)C. The molecule has 0 aliphatic carbocycles. The molecule has 0 fully saturated rings. The molecule has 0 aliphatic rings. The average Bonchev–Trinajstić information content (AvgIpc) is 2.33. The Kier molecular flexibility index (Phi) is 2.90. The van der Waals surface area contributed by atoms with Crippen molar-refractivity contribution in [3.05, 3.63) is 18.5 Å². The zero-order valence-corrected chi connectivity index (χ0v) is 8.49. The molecule has 1 aromatic heterocycles. The molecule has 0 aromatic carbocycles. The maximum absolute atomic E-state index is 2.27. The van der Waals surface area contributed by atoms with Crippen molar-refractivity contribution in [1.29, 1.82) is 0 Å². The van der Waals surface area contributed by atoms with Gasteiger partial charge in [-0.15, -0.1) is 4.68 Å². The van der Waals surface area contributed by atoms with Gasteiger partial charge in [0.25, 0.3) is 0 Å². The lowest BCUT2D eigenvalue weighted by molar-refractivity contribution is -0.792. The molecular weight excluding hydrogens is 148 g/mol. The molecule has 12 heavy (non-hydrogen) atoms. The van der Waals surface area contributed by atoms with Gasteiger partial charge in [0, 0.05) is 6.07 Å². The van der Waals surface area contributed by atoms with Crippen LogP contribution in [-0.4, -0.2) is 4.68 Å². The third-order valence-electron chi connectivity index (χ3n) is 1.87. The Labute approximate surface area is 74.8 Å². The quantitative estimate of drug-likeness (QED) is 0.609. The van der Waals surface area contributed by atoms with Crippen molar-refractivity contribution in [2.24, 2.45) is 5.92 Å². The highest BCUT2D eigenvalue weighted by Gasteiger charge is 2.12. The molecule has 1 heterocycles. The molecule has 0 saturated heterocycles. The van der Waals surface area contributed by atoms with Crippen molar-refractivity contribution < 1.29 is 4.68 Å². The summed E-state index contributed by atoms with van der Waals surface area (Å²) in [5.74, 6) is 0.711.